The number of amides is 2. The van der Waals surface area contributed by atoms with Crippen molar-refractivity contribution in [3.63, 3.8) is 0 Å². The molecule has 0 spiro atoms. The fourth-order valence-electron chi connectivity index (χ4n) is 1.96. The SMILES string of the molecule is CCOC(=O)NC1(C(F)(F)F)N=C(c2ccc(C)cc2)NC1=O. The summed E-state index contributed by atoms with van der Waals surface area (Å²) in [6.07, 6.45) is -6.51. The smallest absolute Gasteiger partial charge is 0.442 e. The number of ether oxygens (including phenoxy) is 1. The zero-order valence-electron chi connectivity index (χ0n) is 12.3. The first kappa shape index (κ1) is 16.8. The number of aryl methyl sites for hydroxylation is 1. The van der Waals surface area contributed by atoms with E-state index in [1.165, 1.54) is 24.4 Å². The molecular weight excluding hydrogens is 315 g/mol. The Labute approximate surface area is 129 Å². The molecule has 6 nitrogen and oxygen atoms in total. The second-order valence-electron chi connectivity index (χ2n) is 4.83. The minimum atomic E-state index is -5.13. The van der Waals surface area contributed by atoms with Gasteiger partial charge >= 0.3 is 17.9 Å². The molecule has 0 radical (unpaired) electrons. The van der Waals surface area contributed by atoms with Crippen LogP contribution in [-0.2, 0) is 9.53 Å². The molecule has 1 aromatic carbocycles. The van der Waals surface area contributed by atoms with Crippen molar-refractivity contribution in [1.29, 1.82) is 0 Å². The van der Waals surface area contributed by atoms with Gasteiger partial charge < -0.3 is 10.1 Å². The fourth-order valence-corrected chi connectivity index (χ4v) is 1.96. The van der Waals surface area contributed by atoms with Gasteiger partial charge in [0.05, 0.1) is 6.61 Å². The second-order valence-corrected chi connectivity index (χ2v) is 4.83. The molecule has 0 saturated heterocycles. The van der Waals surface area contributed by atoms with Gasteiger partial charge in [-0.15, -0.1) is 0 Å². The molecular formula is C14H14F3N3O3. The monoisotopic (exact) mass is 329 g/mol. The average Bonchev–Trinajstić information content (AvgIpc) is 2.78. The molecule has 124 valence electrons. The quantitative estimate of drug-likeness (QED) is 0.888. The molecule has 9 heteroatoms. The summed E-state index contributed by atoms with van der Waals surface area (Å²) >= 11 is 0. The molecule has 23 heavy (non-hydrogen) atoms. The number of amidine groups is 1. The van der Waals surface area contributed by atoms with Gasteiger partial charge in [-0.2, -0.15) is 13.2 Å². The Morgan fingerprint density at radius 2 is 1.96 bits per heavy atom. The predicted octanol–water partition coefficient (Wildman–Crippen LogP) is 1.88. The Bertz CT molecular complexity index is 655. The van der Waals surface area contributed by atoms with E-state index in [-0.39, 0.29) is 12.4 Å². The van der Waals surface area contributed by atoms with E-state index in [2.05, 4.69) is 15.0 Å². The molecule has 1 aromatic rings. The van der Waals surface area contributed by atoms with Crippen LogP contribution in [0.25, 0.3) is 0 Å². The van der Waals surface area contributed by atoms with Gasteiger partial charge in [0.15, 0.2) is 0 Å². The van der Waals surface area contributed by atoms with Gasteiger partial charge in [-0.3, -0.25) is 10.1 Å². The third kappa shape index (κ3) is 3.13. The molecule has 0 aliphatic carbocycles. The number of halogens is 3. The number of hydrogen-bond acceptors (Lipinski definition) is 4. The number of rotatable bonds is 3. The maximum absolute atomic E-state index is 13.4. The first-order chi connectivity index (χ1) is 10.7. The van der Waals surface area contributed by atoms with Crippen LogP contribution >= 0.6 is 0 Å². The van der Waals surface area contributed by atoms with Crippen LogP contribution in [0.15, 0.2) is 29.3 Å². The van der Waals surface area contributed by atoms with Crippen molar-refractivity contribution >= 4 is 17.8 Å². The summed E-state index contributed by atoms with van der Waals surface area (Å²) < 4.78 is 44.6. The highest BCUT2D eigenvalue weighted by Crippen LogP contribution is 2.35. The van der Waals surface area contributed by atoms with Gasteiger partial charge in [0.1, 0.15) is 5.84 Å². The van der Waals surface area contributed by atoms with Crippen LogP contribution in [0.2, 0.25) is 0 Å². The molecule has 1 aliphatic heterocycles. The number of carbonyl (C=O) groups is 2. The van der Waals surface area contributed by atoms with E-state index in [0.29, 0.717) is 5.56 Å². The molecule has 2 N–H and O–H groups in total. The number of nitrogens with one attached hydrogen (secondary N) is 2. The van der Waals surface area contributed by atoms with Crippen LogP contribution in [0.5, 0.6) is 0 Å². The Morgan fingerprint density at radius 1 is 1.35 bits per heavy atom. The summed E-state index contributed by atoms with van der Waals surface area (Å²) in [5.74, 6) is -1.77. The van der Waals surface area contributed by atoms with Gasteiger partial charge in [0, 0.05) is 5.56 Å². The van der Waals surface area contributed by atoms with Crippen molar-refractivity contribution in [1.82, 2.24) is 10.6 Å². The number of benzene rings is 1. The van der Waals surface area contributed by atoms with Crippen molar-refractivity contribution in [2.24, 2.45) is 4.99 Å². The number of aliphatic imine (C=N–C) groups is 1. The first-order valence-corrected chi connectivity index (χ1v) is 6.69. The van der Waals surface area contributed by atoms with Crippen LogP contribution in [0.4, 0.5) is 18.0 Å². The highest BCUT2D eigenvalue weighted by molar-refractivity contribution is 6.16. The third-order valence-corrected chi connectivity index (χ3v) is 3.13. The zero-order valence-corrected chi connectivity index (χ0v) is 12.3. The molecule has 0 aromatic heterocycles. The Hall–Kier alpha value is -2.58. The van der Waals surface area contributed by atoms with Crippen molar-refractivity contribution in [2.45, 2.75) is 25.7 Å². The molecule has 1 unspecified atom stereocenters. The zero-order chi connectivity index (χ0) is 17.3. The largest absolute Gasteiger partial charge is 0.450 e. The van der Waals surface area contributed by atoms with E-state index in [0.717, 1.165) is 5.56 Å². The first-order valence-electron chi connectivity index (χ1n) is 6.69. The molecule has 0 fully saturated rings. The lowest BCUT2D eigenvalue weighted by atomic mass is 10.1. The molecule has 1 heterocycles. The molecule has 2 rings (SSSR count). The van der Waals surface area contributed by atoms with Gasteiger partial charge in [0.2, 0.25) is 0 Å². The van der Waals surface area contributed by atoms with Gasteiger partial charge in [-0.1, -0.05) is 29.8 Å². The van der Waals surface area contributed by atoms with Gasteiger partial charge in [-0.25, -0.2) is 9.79 Å². The minimum absolute atomic E-state index is 0.143. The normalized spacial score (nSPS) is 20.7. The summed E-state index contributed by atoms with van der Waals surface area (Å²) in [7, 11) is 0. The van der Waals surface area contributed by atoms with E-state index in [9.17, 15) is 22.8 Å². The maximum atomic E-state index is 13.4. The van der Waals surface area contributed by atoms with Crippen molar-refractivity contribution < 1.29 is 27.5 Å². The van der Waals surface area contributed by atoms with Crippen molar-refractivity contribution in [3.05, 3.63) is 35.4 Å². The average molecular weight is 329 g/mol. The van der Waals surface area contributed by atoms with Gasteiger partial charge in [-0.05, 0) is 13.8 Å². The Morgan fingerprint density at radius 3 is 2.48 bits per heavy atom. The lowest BCUT2D eigenvalue weighted by molar-refractivity contribution is -0.193. The lowest BCUT2D eigenvalue weighted by Crippen LogP contribution is -2.63. The van der Waals surface area contributed by atoms with E-state index in [1.807, 2.05) is 0 Å². The van der Waals surface area contributed by atoms with Crippen LogP contribution in [-0.4, -0.2) is 36.3 Å². The summed E-state index contributed by atoms with van der Waals surface area (Å²) in [4.78, 5) is 26.7. The third-order valence-electron chi connectivity index (χ3n) is 3.13. The number of hydrogen-bond donors (Lipinski definition) is 2. The second kappa shape index (κ2) is 5.90. The van der Waals surface area contributed by atoms with Crippen molar-refractivity contribution in [2.75, 3.05) is 6.61 Å². The predicted molar refractivity (Wildman–Crippen MR) is 74.8 cm³/mol. The van der Waals surface area contributed by atoms with E-state index in [1.54, 1.807) is 19.1 Å². The van der Waals surface area contributed by atoms with Crippen LogP contribution in [0.3, 0.4) is 0 Å². The topological polar surface area (TPSA) is 79.8 Å². The van der Waals surface area contributed by atoms with Crippen molar-refractivity contribution in [3.8, 4) is 0 Å². The molecule has 1 aliphatic rings. The summed E-state index contributed by atoms with van der Waals surface area (Å²) in [5, 5.41) is 3.56. The Balaban J connectivity index is 2.43. The molecule has 1 atom stereocenters. The summed E-state index contributed by atoms with van der Waals surface area (Å²) in [6, 6.07) is 6.36. The number of nitrogens with zero attached hydrogens (tertiary/aromatic N) is 1. The Kier molecular flexibility index (Phi) is 4.31. The molecule has 0 saturated carbocycles. The highest BCUT2D eigenvalue weighted by Gasteiger charge is 2.65. The van der Waals surface area contributed by atoms with Crippen LogP contribution in [0.1, 0.15) is 18.1 Å². The number of alkyl carbamates (subject to hydrolysis) is 1. The van der Waals surface area contributed by atoms with E-state index >= 15 is 0 Å². The lowest BCUT2D eigenvalue weighted by Gasteiger charge is -2.26. The highest BCUT2D eigenvalue weighted by atomic mass is 19.4. The van der Waals surface area contributed by atoms with Crippen LogP contribution < -0.4 is 10.6 Å². The maximum Gasteiger partial charge on any atom is 0.442 e. The van der Waals surface area contributed by atoms with E-state index in [4.69, 9.17) is 0 Å². The van der Waals surface area contributed by atoms with Gasteiger partial charge in [0.25, 0.3) is 5.91 Å². The number of alkyl halides is 3. The summed E-state index contributed by atoms with van der Waals surface area (Å²) in [6.45, 7) is 3.09. The number of carbonyl (C=O) groups excluding carboxylic acids is 2. The fraction of sp³-hybridized carbons (Fsp3) is 0.357. The minimum Gasteiger partial charge on any atom is -0.450 e. The molecule has 2 amide bonds. The van der Waals surface area contributed by atoms with Crippen LogP contribution in [0, 0.1) is 6.92 Å². The summed E-state index contributed by atoms with van der Waals surface area (Å²) in [5.41, 5.74) is -2.22. The van der Waals surface area contributed by atoms with E-state index < -0.39 is 23.8 Å². The standard InChI is InChI=1S/C14H14F3N3O3/c1-3-23-12(22)20-13(14(15,16)17)11(21)18-10(19-13)9-6-4-8(2)5-7-9/h4-7H,3H2,1-2H3,(H,20,22)(H,18,19,21). The molecule has 0 bridgehead atoms.